The lowest BCUT2D eigenvalue weighted by Crippen LogP contribution is -2.13. The van der Waals surface area contributed by atoms with Gasteiger partial charge < -0.3 is 15.5 Å². The molecule has 0 saturated heterocycles. The molecule has 4 aromatic rings. The van der Waals surface area contributed by atoms with Gasteiger partial charge in [-0.25, -0.2) is 9.18 Å². The molecule has 0 saturated carbocycles. The molecule has 0 atom stereocenters. The Labute approximate surface area is 176 Å². The number of aromatic carboxylic acids is 1. The number of rotatable bonds is 5. The van der Waals surface area contributed by atoms with Gasteiger partial charge in [0.2, 0.25) is 0 Å². The number of aromatic hydroxyl groups is 1. The summed E-state index contributed by atoms with van der Waals surface area (Å²) in [6, 6.07) is 17.4. The maximum atomic E-state index is 13.2. The molecule has 1 heterocycles. The number of carboxylic acids is 1. The number of aromatic nitrogens is 1. The van der Waals surface area contributed by atoms with Crippen LogP contribution in [0.5, 0.6) is 5.75 Å². The van der Waals surface area contributed by atoms with Gasteiger partial charge in [-0.3, -0.25) is 9.78 Å². The molecule has 0 aliphatic carbocycles. The molecule has 0 radical (unpaired) electrons. The summed E-state index contributed by atoms with van der Waals surface area (Å²) in [5.74, 6) is -2.58. The van der Waals surface area contributed by atoms with Crippen LogP contribution < -0.4 is 5.32 Å². The minimum absolute atomic E-state index is 0.0612. The Morgan fingerprint density at radius 3 is 2.35 bits per heavy atom. The number of carboxylic acid groups (broad SMARTS) is 1. The summed E-state index contributed by atoms with van der Waals surface area (Å²) in [4.78, 5) is 28.5. The molecular formula is C24H17FN2O4. The second-order valence-electron chi connectivity index (χ2n) is 6.99. The van der Waals surface area contributed by atoms with E-state index in [-0.39, 0.29) is 22.6 Å². The van der Waals surface area contributed by atoms with Gasteiger partial charge >= 0.3 is 5.97 Å². The maximum Gasteiger partial charge on any atom is 0.339 e. The minimum Gasteiger partial charge on any atom is -0.505 e. The number of carbonyl (C=O) groups excluding carboxylic acids is 1. The molecule has 0 unspecified atom stereocenters. The van der Waals surface area contributed by atoms with Crippen molar-refractivity contribution >= 4 is 28.5 Å². The molecule has 4 rings (SSSR count). The molecule has 3 aromatic carbocycles. The molecule has 31 heavy (non-hydrogen) atoms. The molecular weight excluding hydrogens is 399 g/mol. The maximum absolute atomic E-state index is 13.2. The fourth-order valence-electron chi connectivity index (χ4n) is 3.31. The van der Waals surface area contributed by atoms with E-state index in [4.69, 9.17) is 0 Å². The first-order chi connectivity index (χ1) is 14.9. The number of amides is 1. The highest BCUT2D eigenvalue weighted by atomic mass is 19.1. The van der Waals surface area contributed by atoms with E-state index in [1.54, 1.807) is 48.5 Å². The van der Waals surface area contributed by atoms with Crippen molar-refractivity contribution in [1.82, 2.24) is 4.98 Å². The third-order valence-corrected chi connectivity index (χ3v) is 4.84. The minimum atomic E-state index is -1.34. The summed E-state index contributed by atoms with van der Waals surface area (Å²) in [6.07, 6.45) is 1.95. The summed E-state index contributed by atoms with van der Waals surface area (Å²) >= 11 is 0. The number of hydrogen-bond acceptors (Lipinski definition) is 4. The van der Waals surface area contributed by atoms with Crippen molar-refractivity contribution in [2.75, 3.05) is 5.32 Å². The summed E-state index contributed by atoms with van der Waals surface area (Å²) in [5.41, 5.74) is 1.91. The first-order valence-corrected chi connectivity index (χ1v) is 9.41. The Kier molecular flexibility index (Phi) is 5.32. The van der Waals surface area contributed by atoms with Crippen LogP contribution in [0.1, 0.15) is 31.8 Å². The predicted molar refractivity (Wildman–Crippen MR) is 114 cm³/mol. The van der Waals surface area contributed by atoms with Gasteiger partial charge in [0, 0.05) is 17.1 Å². The van der Waals surface area contributed by atoms with Crippen LogP contribution in [0.15, 0.2) is 72.9 Å². The van der Waals surface area contributed by atoms with Crippen molar-refractivity contribution < 1.29 is 24.2 Å². The van der Waals surface area contributed by atoms with Crippen LogP contribution in [-0.2, 0) is 6.42 Å². The SMILES string of the molecule is O=C(Nc1cc(C(=O)O)c(O)c2ncc(Cc3ccc(F)cc3)cc12)c1ccccc1. The summed E-state index contributed by atoms with van der Waals surface area (Å²) in [6.45, 7) is 0. The van der Waals surface area contributed by atoms with Gasteiger partial charge in [-0.15, -0.1) is 0 Å². The van der Waals surface area contributed by atoms with Crippen LogP contribution in [-0.4, -0.2) is 27.1 Å². The van der Waals surface area contributed by atoms with Crippen LogP contribution in [0.25, 0.3) is 10.9 Å². The van der Waals surface area contributed by atoms with Gasteiger partial charge in [0.25, 0.3) is 5.91 Å². The molecule has 0 fully saturated rings. The molecule has 0 spiro atoms. The van der Waals surface area contributed by atoms with E-state index >= 15 is 0 Å². The third kappa shape index (κ3) is 4.20. The van der Waals surface area contributed by atoms with E-state index in [1.165, 1.54) is 24.4 Å². The Bertz CT molecular complexity index is 1290. The van der Waals surface area contributed by atoms with Gasteiger partial charge in [-0.1, -0.05) is 30.3 Å². The van der Waals surface area contributed by atoms with Crippen LogP contribution in [0, 0.1) is 5.82 Å². The second-order valence-corrected chi connectivity index (χ2v) is 6.99. The number of nitrogens with zero attached hydrogens (tertiary/aromatic N) is 1. The van der Waals surface area contributed by atoms with E-state index in [0.29, 0.717) is 17.4 Å². The fraction of sp³-hybridized carbons (Fsp3) is 0.0417. The fourth-order valence-corrected chi connectivity index (χ4v) is 3.31. The monoisotopic (exact) mass is 416 g/mol. The zero-order chi connectivity index (χ0) is 22.0. The van der Waals surface area contributed by atoms with E-state index in [9.17, 15) is 24.2 Å². The van der Waals surface area contributed by atoms with Crippen LogP contribution in [0.4, 0.5) is 10.1 Å². The zero-order valence-electron chi connectivity index (χ0n) is 16.2. The van der Waals surface area contributed by atoms with Crippen LogP contribution in [0.2, 0.25) is 0 Å². The lowest BCUT2D eigenvalue weighted by molar-refractivity contribution is 0.0693. The van der Waals surface area contributed by atoms with Crippen molar-refractivity contribution in [2.45, 2.75) is 6.42 Å². The summed E-state index contributed by atoms with van der Waals surface area (Å²) in [5, 5.41) is 23.0. The number of phenols is 1. The molecule has 3 N–H and O–H groups in total. The van der Waals surface area contributed by atoms with Crippen LogP contribution in [0.3, 0.4) is 0 Å². The van der Waals surface area contributed by atoms with E-state index in [0.717, 1.165) is 11.1 Å². The van der Waals surface area contributed by atoms with Crippen molar-refractivity contribution in [1.29, 1.82) is 0 Å². The molecule has 0 aliphatic rings. The topological polar surface area (TPSA) is 99.5 Å². The predicted octanol–water partition coefficient (Wildman–Crippen LogP) is 4.62. The quantitative estimate of drug-likeness (QED) is 0.412. The van der Waals surface area contributed by atoms with Crippen molar-refractivity contribution in [3.05, 3.63) is 101 Å². The number of halogens is 1. The molecule has 0 aliphatic heterocycles. The lowest BCUT2D eigenvalue weighted by Gasteiger charge is -2.13. The van der Waals surface area contributed by atoms with Crippen molar-refractivity contribution in [3.63, 3.8) is 0 Å². The van der Waals surface area contributed by atoms with Gasteiger partial charge in [0.1, 0.15) is 16.9 Å². The zero-order valence-corrected chi connectivity index (χ0v) is 16.2. The summed E-state index contributed by atoms with van der Waals surface area (Å²) < 4.78 is 13.2. The second kappa shape index (κ2) is 8.23. The largest absolute Gasteiger partial charge is 0.505 e. The Morgan fingerprint density at radius 2 is 1.68 bits per heavy atom. The average Bonchev–Trinajstić information content (AvgIpc) is 2.77. The van der Waals surface area contributed by atoms with E-state index < -0.39 is 17.6 Å². The van der Waals surface area contributed by atoms with Gasteiger partial charge in [-0.05, 0) is 53.9 Å². The number of nitrogens with one attached hydrogen (secondary N) is 1. The molecule has 1 amide bonds. The van der Waals surface area contributed by atoms with Crippen molar-refractivity contribution in [3.8, 4) is 5.75 Å². The Hall–Kier alpha value is -4.26. The highest BCUT2D eigenvalue weighted by Gasteiger charge is 2.19. The standard InChI is InChI=1S/C24H17FN2O4/c25-17-8-6-14(7-9-17)10-15-11-18-20(27-23(29)16-4-2-1-3-5-16)12-19(24(30)31)22(28)21(18)26-13-15/h1-9,11-13,28H,10H2,(H,27,29)(H,30,31). The highest BCUT2D eigenvalue weighted by Crippen LogP contribution is 2.34. The average molecular weight is 416 g/mol. The van der Waals surface area contributed by atoms with Gasteiger partial charge in [0.05, 0.1) is 5.69 Å². The van der Waals surface area contributed by atoms with Crippen LogP contribution >= 0.6 is 0 Å². The number of carbonyl (C=O) groups is 2. The number of anilines is 1. The number of pyridine rings is 1. The first kappa shape index (κ1) is 20.0. The smallest absolute Gasteiger partial charge is 0.339 e. The summed E-state index contributed by atoms with van der Waals surface area (Å²) in [7, 11) is 0. The lowest BCUT2D eigenvalue weighted by atomic mass is 10.0. The molecule has 0 bridgehead atoms. The van der Waals surface area contributed by atoms with E-state index in [1.807, 2.05) is 0 Å². The molecule has 7 heteroatoms. The van der Waals surface area contributed by atoms with Gasteiger partial charge in [0.15, 0.2) is 5.75 Å². The van der Waals surface area contributed by atoms with Crippen molar-refractivity contribution in [2.24, 2.45) is 0 Å². The molecule has 154 valence electrons. The third-order valence-electron chi connectivity index (χ3n) is 4.84. The van der Waals surface area contributed by atoms with Gasteiger partial charge in [-0.2, -0.15) is 0 Å². The molecule has 1 aromatic heterocycles. The number of fused-ring (bicyclic) bond motifs is 1. The highest BCUT2D eigenvalue weighted by molar-refractivity contribution is 6.12. The Balaban J connectivity index is 1.79. The van der Waals surface area contributed by atoms with E-state index in [2.05, 4.69) is 10.3 Å². The number of benzene rings is 3. The number of hydrogen-bond donors (Lipinski definition) is 3. The Morgan fingerprint density at radius 1 is 0.968 bits per heavy atom. The molecule has 6 nitrogen and oxygen atoms in total. The normalized spacial score (nSPS) is 10.7. The first-order valence-electron chi connectivity index (χ1n) is 9.41.